The Labute approximate surface area is 198 Å². The molecule has 0 aliphatic heterocycles. The van der Waals surface area contributed by atoms with E-state index in [1.165, 1.54) is 16.8 Å². The molecule has 0 radical (unpaired) electrons. The molecule has 0 aliphatic rings. The van der Waals surface area contributed by atoms with Crippen LogP contribution in [0.5, 0.6) is 0 Å². The molecular weight excluding hydrogens is 402 g/mol. The average Bonchev–Trinajstić information content (AvgIpc) is 2.86. The van der Waals surface area contributed by atoms with Gasteiger partial charge in [-0.25, -0.2) is 0 Å². The minimum absolute atomic E-state index is 0.115. The van der Waals surface area contributed by atoms with Crippen molar-refractivity contribution in [2.24, 2.45) is 0 Å². The van der Waals surface area contributed by atoms with Crippen LogP contribution < -0.4 is 4.90 Å². The second kappa shape index (κ2) is 11.2. The molecule has 0 aliphatic carbocycles. The summed E-state index contributed by atoms with van der Waals surface area (Å²) >= 11 is 0. The monoisotopic (exact) mass is 433 g/mol. The Bertz CT molecular complexity index is 1170. The Balaban J connectivity index is 1.76. The summed E-state index contributed by atoms with van der Waals surface area (Å²) < 4.78 is 0. The second-order valence-electron chi connectivity index (χ2n) is 8.46. The van der Waals surface area contributed by atoms with E-state index < -0.39 is 0 Å². The van der Waals surface area contributed by atoms with Gasteiger partial charge in [0.15, 0.2) is 0 Å². The van der Waals surface area contributed by atoms with Gasteiger partial charge in [-0.05, 0) is 77.8 Å². The summed E-state index contributed by atoms with van der Waals surface area (Å²) in [6, 6.07) is 27.6. The summed E-state index contributed by atoms with van der Waals surface area (Å²) in [5, 5.41) is 18.0. The van der Waals surface area contributed by atoms with Crippen molar-refractivity contribution in [1.82, 2.24) is 0 Å². The highest BCUT2D eigenvalue weighted by Gasteiger charge is 2.09. The standard InChI is InChI=1S/C30H31N3/c1-5-22(3)26-9-7-24(8-10-26)21-33(6-2)30-15-13-27(14-16-30)29-12-11-28(23(4)17-29)18-25(19-31)20-32/h7-18,22H,5-6,21H2,1-4H3. The first-order valence-electron chi connectivity index (χ1n) is 11.6. The third-order valence-corrected chi connectivity index (χ3v) is 6.29. The Morgan fingerprint density at radius 3 is 2.09 bits per heavy atom. The van der Waals surface area contributed by atoms with E-state index in [-0.39, 0.29) is 5.57 Å². The molecule has 0 bridgehead atoms. The van der Waals surface area contributed by atoms with Gasteiger partial charge in [-0.15, -0.1) is 0 Å². The van der Waals surface area contributed by atoms with Crippen molar-refractivity contribution in [3.8, 4) is 23.3 Å². The van der Waals surface area contributed by atoms with Crippen molar-refractivity contribution in [1.29, 1.82) is 10.5 Å². The number of rotatable bonds is 8. The van der Waals surface area contributed by atoms with Crippen LogP contribution in [0.25, 0.3) is 17.2 Å². The number of hydrogen-bond donors (Lipinski definition) is 0. The van der Waals surface area contributed by atoms with Crippen LogP contribution in [-0.2, 0) is 6.54 Å². The number of benzene rings is 3. The van der Waals surface area contributed by atoms with Crippen molar-refractivity contribution in [3.63, 3.8) is 0 Å². The molecule has 166 valence electrons. The Morgan fingerprint density at radius 2 is 1.55 bits per heavy atom. The molecule has 3 aromatic rings. The van der Waals surface area contributed by atoms with Gasteiger partial charge in [0.2, 0.25) is 0 Å². The fraction of sp³-hybridized carbons (Fsp3) is 0.267. The minimum Gasteiger partial charge on any atom is -0.367 e. The molecule has 33 heavy (non-hydrogen) atoms. The maximum atomic E-state index is 8.99. The van der Waals surface area contributed by atoms with E-state index in [2.05, 4.69) is 80.3 Å². The first-order chi connectivity index (χ1) is 16.0. The summed E-state index contributed by atoms with van der Waals surface area (Å²) in [6.07, 6.45) is 2.79. The average molecular weight is 434 g/mol. The first-order valence-corrected chi connectivity index (χ1v) is 11.6. The lowest BCUT2D eigenvalue weighted by Gasteiger charge is -2.24. The van der Waals surface area contributed by atoms with Crippen LogP contribution in [-0.4, -0.2) is 6.54 Å². The van der Waals surface area contributed by atoms with E-state index in [0.29, 0.717) is 5.92 Å². The van der Waals surface area contributed by atoms with Gasteiger partial charge in [0.25, 0.3) is 0 Å². The fourth-order valence-electron chi connectivity index (χ4n) is 3.92. The van der Waals surface area contributed by atoms with E-state index in [0.717, 1.165) is 41.8 Å². The zero-order valence-electron chi connectivity index (χ0n) is 20.0. The van der Waals surface area contributed by atoms with E-state index in [1.54, 1.807) is 6.08 Å². The maximum Gasteiger partial charge on any atom is 0.130 e. The lowest BCUT2D eigenvalue weighted by molar-refractivity contribution is 0.732. The number of nitrogens with zero attached hydrogens (tertiary/aromatic N) is 3. The molecule has 3 heteroatoms. The Morgan fingerprint density at radius 1 is 0.909 bits per heavy atom. The molecule has 0 N–H and O–H groups in total. The van der Waals surface area contributed by atoms with Crippen molar-refractivity contribution >= 4 is 11.8 Å². The van der Waals surface area contributed by atoms with Crippen LogP contribution in [0.4, 0.5) is 5.69 Å². The van der Waals surface area contributed by atoms with Crippen LogP contribution in [0, 0.1) is 29.6 Å². The lowest BCUT2D eigenvalue weighted by Crippen LogP contribution is -2.21. The van der Waals surface area contributed by atoms with Crippen molar-refractivity contribution in [2.75, 3.05) is 11.4 Å². The lowest BCUT2D eigenvalue weighted by atomic mass is 9.97. The molecule has 0 spiro atoms. The maximum absolute atomic E-state index is 8.99. The number of nitriles is 2. The fourth-order valence-corrected chi connectivity index (χ4v) is 3.92. The van der Waals surface area contributed by atoms with Gasteiger partial charge < -0.3 is 4.90 Å². The summed E-state index contributed by atoms with van der Waals surface area (Å²) in [5.74, 6) is 0.599. The molecule has 0 saturated heterocycles. The molecule has 0 fully saturated rings. The van der Waals surface area contributed by atoms with Crippen LogP contribution in [0.3, 0.4) is 0 Å². The van der Waals surface area contributed by atoms with Crippen molar-refractivity contribution in [3.05, 3.63) is 94.6 Å². The largest absolute Gasteiger partial charge is 0.367 e. The molecule has 1 atom stereocenters. The number of aryl methyl sites for hydroxylation is 1. The van der Waals surface area contributed by atoms with Gasteiger partial charge in [0, 0.05) is 18.8 Å². The molecule has 3 rings (SSSR count). The molecule has 0 heterocycles. The highest BCUT2D eigenvalue weighted by molar-refractivity contribution is 5.71. The quantitative estimate of drug-likeness (QED) is 0.343. The molecular formula is C30H31N3. The number of allylic oxidation sites excluding steroid dienone is 1. The number of hydrogen-bond acceptors (Lipinski definition) is 3. The van der Waals surface area contributed by atoms with Gasteiger partial charge in [-0.2, -0.15) is 10.5 Å². The predicted molar refractivity (Wildman–Crippen MR) is 138 cm³/mol. The summed E-state index contributed by atoms with van der Waals surface area (Å²) in [6.45, 7) is 10.5. The molecule has 1 unspecified atom stereocenters. The zero-order valence-corrected chi connectivity index (χ0v) is 20.0. The van der Waals surface area contributed by atoms with Crippen molar-refractivity contribution in [2.45, 2.75) is 46.6 Å². The Hall–Kier alpha value is -3.82. The van der Waals surface area contributed by atoms with E-state index in [9.17, 15) is 0 Å². The molecule has 0 amide bonds. The van der Waals surface area contributed by atoms with E-state index >= 15 is 0 Å². The summed E-state index contributed by atoms with van der Waals surface area (Å²) in [5.41, 5.74) is 8.24. The molecule has 3 nitrogen and oxygen atoms in total. The smallest absolute Gasteiger partial charge is 0.130 e. The van der Waals surface area contributed by atoms with Gasteiger partial charge in [0.05, 0.1) is 0 Å². The highest BCUT2D eigenvalue weighted by Crippen LogP contribution is 2.27. The van der Waals surface area contributed by atoms with Crippen LogP contribution in [0.15, 0.2) is 72.3 Å². The van der Waals surface area contributed by atoms with E-state index in [1.807, 2.05) is 31.2 Å². The predicted octanol–water partition coefficient (Wildman–Crippen LogP) is 7.63. The van der Waals surface area contributed by atoms with Crippen LogP contribution >= 0.6 is 0 Å². The first kappa shape index (κ1) is 23.8. The zero-order chi connectivity index (χ0) is 23.8. The SMILES string of the molecule is CCC(C)c1ccc(CN(CC)c2ccc(-c3ccc(C=C(C#N)C#N)c(C)c3)cc2)cc1. The minimum atomic E-state index is 0.115. The topological polar surface area (TPSA) is 50.8 Å². The number of anilines is 1. The third-order valence-electron chi connectivity index (χ3n) is 6.29. The summed E-state index contributed by atoms with van der Waals surface area (Å²) in [4.78, 5) is 2.38. The van der Waals surface area contributed by atoms with Crippen molar-refractivity contribution < 1.29 is 0 Å². The Kier molecular flexibility index (Phi) is 8.06. The third kappa shape index (κ3) is 5.91. The highest BCUT2D eigenvalue weighted by atomic mass is 15.1. The van der Waals surface area contributed by atoms with E-state index in [4.69, 9.17) is 10.5 Å². The second-order valence-corrected chi connectivity index (χ2v) is 8.46. The molecule has 0 aromatic heterocycles. The normalized spacial score (nSPS) is 11.2. The van der Waals surface area contributed by atoms with Crippen LogP contribution in [0.1, 0.15) is 55.4 Å². The molecule has 3 aromatic carbocycles. The van der Waals surface area contributed by atoms with Gasteiger partial charge >= 0.3 is 0 Å². The van der Waals surface area contributed by atoms with Gasteiger partial charge in [-0.1, -0.05) is 68.4 Å². The molecule has 0 saturated carbocycles. The van der Waals surface area contributed by atoms with Gasteiger partial charge in [-0.3, -0.25) is 0 Å². The summed E-state index contributed by atoms with van der Waals surface area (Å²) in [7, 11) is 0. The van der Waals surface area contributed by atoms with Crippen LogP contribution in [0.2, 0.25) is 0 Å². The van der Waals surface area contributed by atoms with Gasteiger partial charge in [0.1, 0.15) is 17.7 Å².